The van der Waals surface area contributed by atoms with Gasteiger partial charge in [-0.15, -0.1) is 0 Å². The van der Waals surface area contributed by atoms with E-state index in [0.717, 1.165) is 30.0 Å². The van der Waals surface area contributed by atoms with Crippen molar-refractivity contribution < 1.29 is 23.6 Å². The standard InChI is InChI=1S/C21H25FN2O3/c1-16-5-3-4-6-19(16)27-15-21(25)24-11-9-23(10-12-24)14-17-13-18(22)7-8-20(17)26-2/h3-8,13H,9-12,14-15H2,1-2H3/p+1. The van der Waals surface area contributed by atoms with Crippen molar-refractivity contribution >= 4 is 5.91 Å². The smallest absolute Gasteiger partial charge is 0.260 e. The minimum atomic E-state index is -0.257. The Kier molecular flexibility index (Phi) is 6.29. The number of piperazine rings is 1. The molecule has 0 aromatic heterocycles. The molecule has 1 amide bonds. The Morgan fingerprint density at radius 3 is 2.59 bits per heavy atom. The highest BCUT2D eigenvalue weighted by Crippen LogP contribution is 2.18. The number of nitrogens with zero attached hydrogens (tertiary/aromatic N) is 1. The number of carbonyl (C=O) groups is 1. The summed E-state index contributed by atoms with van der Waals surface area (Å²) in [4.78, 5) is 15.6. The number of nitrogens with one attached hydrogen (secondary N) is 1. The summed E-state index contributed by atoms with van der Waals surface area (Å²) in [7, 11) is 1.59. The van der Waals surface area contributed by atoms with Gasteiger partial charge in [-0.3, -0.25) is 4.79 Å². The fourth-order valence-electron chi connectivity index (χ4n) is 3.35. The van der Waals surface area contributed by atoms with E-state index >= 15 is 0 Å². The summed E-state index contributed by atoms with van der Waals surface area (Å²) < 4.78 is 24.5. The minimum absolute atomic E-state index is 0.000592. The van der Waals surface area contributed by atoms with Crippen molar-refractivity contribution in [3.8, 4) is 11.5 Å². The maximum atomic E-state index is 13.5. The molecule has 1 saturated heterocycles. The first-order valence-electron chi connectivity index (χ1n) is 9.19. The highest BCUT2D eigenvalue weighted by molar-refractivity contribution is 5.77. The van der Waals surface area contributed by atoms with Crippen LogP contribution in [0.5, 0.6) is 11.5 Å². The number of methoxy groups -OCH3 is 1. The number of aryl methyl sites for hydroxylation is 1. The molecule has 27 heavy (non-hydrogen) atoms. The van der Waals surface area contributed by atoms with Crippen molar-refractivity contribution in [1.82, 2.24) is 4.90 Å². The van der Waals surface area contributed by atoms with Crippen molar-refractivity contribution in [3.63, 3.8) is 0 Å². The average Bonchev–Trinajstić information content (AvgIpc) is 2.68. The predicted octanol–water partition coefficient (Wildman–Crippen LogP) is 1.45. The van der Waals surface area contributed by atoms with Crippen LogP contribution in [0.25, 0.3) is 0 Å². The summed E-state index contributed by atoms with van der Waals surface area (Å²) in [6.07, 6.45) is 0. The van der Waals surface area contributed by atoms with Gasteiger partial charge in [0.1, 0.15) is 23.9 Å². The Morgan fingerprint density at radius 1 is 1.15 bits per heavy atom. The summed E-state index contributed by atoms with van der Waals surface area (Å²) in [6, 6.07) is 12.3. The first-order valence-corrected chi connectivity index (χ1v) is 9.19. The van der Waals surface area contributed by atoms with E-state index in [1.54, 1.807) is 13.2 Å². The van der Waals surface area contributed by atoms with E-state index in [4.69, 9.17) is 9.47 Å². The van der Waals surface area contributed by atoms with Gasteiger partial charge in [0.05, 0.1) is 38.9 Å². The van der Waals surface area contributed by atoms with Crippen molar-refractivity contribution in [2.24, 2.45) is 0 Å². The van der Waals surface area contributed by atoms with Gasteiger partial charge in [-0.1, -0.05) is 18.2 Å². The minimum Gasteiger partial charge on any atom is -0.496 e. The van der Waals surface area contributed by atoms with Crippen LogP contribution < -0.4 is 14.4 Å². The molecule has 2 aromatic carbocycles. The summed E-state index contributed by atoms with van der Waals surface area (Å²) in [5, 5.41) is 0. The maximum absolute atomic E-state index is 13.5. The topological polar surface area (TPSA) is 43.2 Å². The third kappa shape index (κ3) is 4.98. The fraction of sp³-hybridized carbons (Fsp3) is 0.381. The highest BCUT2D eigenvalue weighted by Gasteiger charge is 2.25. The molecule has 1 fully saturated rings. The van der Waals surface area contributed by atoms with E-state index in [1.807, 2.05) is 36.1 Å². The molecule has 1 aliphatic rings. The summed E-state index contributed by atoms with van der Waals surface area (Å²) in [5.74, 6) is 1.19. The van der Waals surface area contributed by atoms with Gasteiger partial charge >= 0.3 is 0 Å². The van der Waals surface area contributed by atoms with Crippen LogP contribution in [0.1, 0.15) is 11.1 Å². The van der Waals surface area contributed by atoms with Crippen LogP contribution in [0.4, 0.5) is 4.39 Å². The van der Waals surface area contributed by atoms with Crippen LogP contribution in [-0.4, -0.2) is 50.7 Å². The maximum Gasteiger partial charge on any atom is 0.260 e. The lowest BCUT2D eigenvalue weighted by molar-refractivity contribution is -0.917. The zero-order chi connectivity index (χ0) is 19.2. The average molecular weight is 373 g/mol. The first kappa shape index (κ1) is 19.2. The van der Waals surface area contributed by atoms with Gasteiger partial charge < -0.3 is 19.3 Å². The largest absolute Gasteiger partial charge is 0.496 e. The number of carbonyl (C=O) groups excluding carboxylic acids is 1. The molecule has 0 radical (unpaired) electrons. The molecule has 5 nitrogen and oxygen atoms in total. The Hall–Kier alpha value is -2.60. The first-order chi connectivity index (χ1) is 13.1. The van der Waals surface area contributed by atoms with E-state index in [-0.39, 0.29) is 18.3 Å². The number of hydrogen-bond donors (Lipinski definition) is 1. The quantitative estimate of drug-likeness (QED) is 0.834. The van der Waals surface area contributed by atoms with Gasteiger partial charge in [0.15, 0.2) is 6.61 Å². The van der Waals surface area contributed by atoms with E-state index in [2.05, 4.69) is 0 Å². The molecule has 0 bridgehead atoms. The van der Waals surface area contributed by atoms with Crippen LogP contribution in [0.3, 0.4) is 0 Å². The number of quaternary nitrogens is 1. The normalized spacial score (nSPS) is 14.9. The molecule has 3 rings (SSSR count). The molecular weight excluding hydrogens is 347 g/mol. The zero-order valence-electron chi connectivity index (χ0n) is 15.8. The van der Waals surface area contributed by atoms with Crippen LogP contribution >= 0.6 is 0 Å². The molecule has 1 N–H and O–H groups in total. The SMILES string of the molecule is COc1ccc(F)cc1C[NH+]1CCN(C(=O)COc2ccccc2C)CC1. The van der Waals surface area contributed by atoms with Gasteiger partial charge in [-0.25, -0.2) is 4.39 Å². The summed E-state index contributed by atoms with van der Waals surface area (Å²) in [6.45, 7) is 5.67. The van der Waals surface area contributed by atoms with Gasteiger partial charge in [0.2, 0.25) is 0 Å². The van der Waals surface area contributed by atoms with Crippen molar-refractivity contribution in [1.29, 1.82) is 0 Å². The number of rotatable bonds is 6. The van der Waals surface area contributed by atoms with Gasteiger partial charge in [-0.2, -0.15) is 0 Å². The number of benzene rings is 2. The van der Waals surface area contributed by atoms with Crippen LogP contribution in [0.2, 0.25) is 0 Å². The number of ether oxygens (including phenoxy) is 2. The highest BCUT2D eigenvalue weighted by atomic mass is 19.1. The Bertz CT molecular complexity index is 789. The number of para-hydroxylation sites is 1. The third-order valence-corrected chi connectivity index (χ3v) is 4.95. The molecule has 6 heteroatoms. The van der Waals surface area contributed by atoms with Crippen molar-refractivity contribution in [2.45, 2.75) is 13.5 Å². The fourth-order valence-corrected chi connectivity index (χ4v) is 3.35. The van der Waals surface area contributed by atoms with E-state index in [0.29, 0.717) is 25.4 Å². The van der Waals surface area contributed by atoms with Gasteiger partial charge in [0.25, 0.3) is 5.91 Å². The molecule has 1 heterocycles. The number of halogens is 1. The second kappa shape index (κ2) is 8.86. The van der Waals surface area contributed by atoms with E-state index in [1.165, 1.54) is 17.0 Å². The van der Waals surface area contributed by atoms with Crippen molar-refractivity contribution in [3.05, 3.63) is 59.4 Å². The van der Waals surface area contributed by atoms with Crippen LogP contribution in [0, 0.1) is 12.7 Å². The van der Waals surface area contributed by atoms with Gasteiger partial charge in [0, 0.05) is 0 Å². The molecule has 0 atom stereocenters. The molecule has 2 aromatic rings. The molecule has 144 valence electrons. The van der Waals surface area contributed by atoms with Crippen molar-refractivity contribution in [2.75, 3.05) is 39.9 Å². The van der Waals surface area contributed by atoms with E-state index < -0.39 is 0 Å². The molecule has 0 spiro atoms. The van der Waals surface area contributed by atoms with Crippen LogP contribution in [0.15, 0.2) is 42.5 Å². The molecule has 0 aliphatic carbocycles. The zero-order valence-corrected chi connectivity index (χ0v) is 15.8. The Balaban J connectivity index is 1.49. The van der Waals surface area contributed by atoms with Gasteiger partial charge in [-0.05, 0) is 36.8 Å². The van der Waals surface area contributed by atoms with E-state index in [9.17, 15) is 9.18 Å². The lowest BCUT2D eigenvalue weighted by Gasteiger charge is -2.32. The Labute approximate surface area is 159 Å². The summed E-state index contributed by atoms with van der Waals surface area (Å²) in [5.41, 5.74) is 1.87. The van der Waals surface area contributed by atoms with Crippen LogP contribution in [-0.2, 0) is 11.3 Å². The second-order valence-electron chi connectivity index (χ2n) is 6.82. The summed E-state index contributed by atoms with van der Waals surface area (Å²) >= 11 is 0. The lowest BCUT2D eigenvalue weighted by atomic mass is 10.1. The number of amides is 1. The monoisotopic (exact) mass is 373 g/mol. The third-order valence-electron chi connectivity index (χ3n) is 4.95. The lowest BCUT2D eigenvalue weighted by Crippen LogP contribution is -3.13. The molecule has 0 unspecified atom stereocenters. The number of hydrogen-bond acceptors (Lipinski definition) is 3. The predicted molar refractivity (Wildman–Crippen MR) is 101 cm³/mol. The molecule has 0 saturated carbocycles. The molecule has 1 aliphatic heterocycles. The Morgan fingerprint density at radius 2 is 1.89 bits per heavy atom. The molecular formula is C21H26FN2O3+. The second-order valence-corrected chi connectivity index (χ2v) is 6.82.